The van der Waals surface area contributed by atoms with Crippen molar-refractivity contribution in [3.05, 3.63) is 53.3 Å². The van der Waals surface area contributed by atoms with Crippen LogP contribution >= 0.6 is 0 Å². The van der Waals surface area contributed by atoms with Crippen LogP contribution in [0.3, 0.4) is 0 Å². The zero-order valence-corrected chi connectivity index (χ0v) is 13.7. The highest BCUT2D eigenvalue weighted by Crippen LogP contribution is 2.32. The lowest BCUT2D eigenvalue weighted by Gasteiger charge is -2.14. The van der Waals surface area contributed by atoms with Gasteiger partial charge in [-0.05, 0) is 42.8 Å². The minimum Gasteiger partial charge on any atom is -0.454 e. The fourth-order valence-electron chi connectivity index (χ4n) is 2.61. The molecule has 1 heterocycles. The van der Waals surface area contributed by atoms with E-state index >= 15 is 0 Å². The average Bonchev–Trinajstić information content (AvgIpc) is 2.98. The molecule has 5 nitrogen and oxygen atoms in total. The molecule has 0 radical (unpaired) electrons. The Bertz CT molecular complexity index is 764. The fraction of sp³-hybridized carbons (Fsp3) is 0.278. The number of anilines is 1. The molecule has 0 aliphatic carbocycles. The number of likely N-dealkylation sites (N-methyl/N-ethyl adjacent to an activating group) is 1. The van der Waals surface area contributed by atoms with Gasteiger partial charge in [0.2, 0.25) is 6.79 Å². The van der Waals surface area contributed by atoms with Gasteiger partial charge in [-0.1, -0.05) is 6.07 Å². The number of hydrogen-bond acceptors (Lipinski definition) is 3. The number of halogens is 1. The third-order valence-electron chi connectivity index (χ3n) is 3.86. The number of carbonyl (C=O) groups is 1. The summed E-state index contributed by atoms with van der Waals surface area (Å²) in [5.74, 6) is 1.00. The largest absolute Gasteiger partial charge is 0.454 e. The zero-order chi connectivity index (χ0) is 17.1. The molecule has 24 heavy (non-hydrogen) atoms. The van der Waals surface area contributed by atoms with E-state index in [1.165, 1.54) is 6.07 Å². The van der Waals surface area contributed by atoms with Crippen LogP contribution in [0.1, 0.15) is 11.1 Å². The summed E-state index contributed by atoms with van der Waals surface area (Å²) in [4.78, 5) is 13.1. The second-order valence-electron chi connectivity index (χ2n) is 6.01. The molecule has 0 aromatic heterocycles. The van der Waals surface area contributed by atoms with Crippen molar-refractivity contribution in [2.75, 3.05) is 25.7 Å². The summed E-state index contributed by atoms with van der Waals surface area (Å²) in [5, 5.41) is 2.72. The summed E-state index contributed by atoms with van der Waals surface area (Å²) in [7, 11) is 1.93. The highest BCUT2D eigenvalue weighted by atomic mass is 19.1. The number of amides is 1. The third kappa shape index (κ3) is 3.83. The van der Waals surface area contributed by atoms with Gasteiger partial charge in [-0.2, -0.15) is 0 Å². The van der Waals surface area contributed by atoms with Gasteiger partial charge in [0, 0.05) is 11.3 Å². The Morgan fingerprint density at radius 1 is 1.21 bits per heavy atom. The summed E-state index contributed by atoms with van der Waals surface area (Å²) in [6, 6.07) is 10.4. The Labute approximate surface area is 140 Å². The lowest BCUT2D eigenvalue weighted by molar-refractivity contribution is -0.885. The molecular weight excluding hydrogens is 311 g/mol. The number of carbonyl (C=O) groups excluding carboxylic acids is 1. The average molecular weight is 331 g/mol. The van der Waals surface area contributed by atoms with Crippen molar-refractivity contribution in [2.45, 2.75) is 13.5 Å². The maximum absolute atomic E-state index is 13.5. The Morgan fingerprint density at radius 3 is 2.79 bits per heavy atom. The predicted molar refractivity (Wildman–Crippen MR) is 87.8 cm³/mol. The van der Waals surface area contributed by atoms with Crippen LogP contribution in [0.5, 0.6) is 11.5 Å². The van der Waals surface area contributed by atoms with Gasteiger partial charge in [-0.3, -0.25) is 4.79 Å². The smallest absolute Gasteiger partial charge is 0.279 e. The van der Waals surface area contributed by atoms with E-state index in [-0.39, 0.29) is 25.1 Å². The predicted octanol–water partition coefficient (Wildman–Crippen LogP) is 1.52. The molecule has 2 N–H and O–H groups in total. The van der Waals surface area contributed by atoms with Crippen LogP contribution in [0.25, 0.3) is 0 Å². The SMILES string of the molecule is Cc1ccc(NC(=O)C[NH+](C)Cc2ccc3c(c2)OCO3)cc1F. The molecule has 0 saturated carbocycles. The first-order chi connectivity index (χ1) is 11.5. The van der Waals surface area contributed by atoms with Crippen LogP contribution in [0.2, 0.25) is 0 Å². The molecule has 0 saturated heterocycles. The maximum atomic E-state index is 13.5. The lowest BCUT2D eigenvalue weighted by atomic mass is 10.2. The van der Waals surface area contributed by atoms with Gasteiger partial charge >= 0.3 is 0 Å². The lowest BCUT2D eigenvalue weighted by Crippen LogP contribution is -3.08. The normalized spacial score (nSPS) is 13.6. The molecule has 0 spiro atoms. The molecule has 1 amide bonds. The fourth-order valence-corrected chi connectivity index (χ4v) is 2.61. The summed E-state index contributed by atoms with van der Waals surface area (Å²) in [6.45, 7) is 2.89. The zero-order valence-electron chi connectivity index (χ0n) is 13.7. The van der Waals surface area contributed by atoms with Crippen LogP contribution < -0.4 is 19.7 Å². The van der Waals surface area contributed by atoms with E-state index in [0.29, 0.717) is 17.8 Å². The molecule has 2 aromatic rings. The Morgan fingerprint density at radius 2 is 2.00 bits per heavy atom. The minimum absolute atomic E-state index is 0.156. The summed E-state index contributed by atoms with van der Waals surface area (Å²) < 4.78 is 24.1. The molecule has 1 aliphatic rings. The third-order valence-corrected chi connectivity index (χ3v) is 3.86. The van der Waals surface area contributed by atoms with Crippen molar-refractivity contribution in [3.63, 3.8) is 0 Å². The van der Waals surface area contributed by atoms with Crippen molar-refractivity contribution < 1.29 is 23.6 Å². The van der Waals surface area contributed by atoms with Gasteiger partial charge in [0.15, 0.2) is 18.0 Å². The van der Waals surface area contributed by atoms with Gasteiger partial charge in [-0.25, -0.2) is 4.39 Å². The van der Waals surface area contributed by atoms with E-state index < -0.39 is 0 Å². The summed E-state index contributed by atoms with van der Waals surface area (Å²) >= 11 is 0. The topological polar surface area (TPSA) is 52.0 Å². The van der Waals surface area contributed by atoms with Gasteiger partial charge in [-0.15, -0.1) is 0 Å². The van der Waals surface area contributed by atoms with Gasteiger partial charge in [0.1, 0.15) is 12.4 Å². The van der Waals surface area contributed by atoms with Crippen molar-refractivity contribution in [2.24, 2.45) is 0 Å². The molecule has 0 bridgehead atoms. The second-order valence-corrected chi connectivity index (χ2v) is 6.01. The number of benzene rings is 2. The molecule has 126 valence electrons. The minimum atomic E-state index is -0.325. The molecule has 6 heteroatoms. The molecule has 3 rings (SSSR count). The number of aryl methyl sites for hydroxylation is 1. The van der Waals surface area contributed by atoms with E-state index in [1.54, 1.807) is 19.1 Å². The maximum Gasteiger partial charge on any atom is 0.279 e. The first kappa shape index (κ1) is 16.3. The molecular formula is C18H20FN2O3+. The Balaban J connectivity index is 1.55. The number of ether oxygens (including phenoxy) is 2. The molecule has 1 aliphatic heterocycles. The molecule has 2 aromatic carbocycles. The number of rotatable bonds is 5. The number of nitrogens with one attached hydrogen (secondary N) is 2. The quantitative estimate of drug-likeness (QED) is 0.873. The first-order valence-corrected chi connectivity index (χ1v) is 7.77. The highest BCUT2D eigenvalue weighted by Gasteiger charge is 2.16. The Hall–Kier alpha value is -2.60. The van der Waals surface area contributed by atoms with E-state index in [1.807, 2.05) is 25.2 Å². The first-order valence-electron chi connectivity index (χ1n) is 7.77. The Kier molecular flexibility index (Phi) is 4.66. The van der Waals surface area contributed by atoms with Gasteiger partial charge in [0.05, 0.1) is 7.05 Å². The molecule has 1 unspecified atom stereocenters. The van der Waals surface area contributed by atoms with Crippen LogP contribution in [0.4, 0.5) is 10.1 Å². The number of hydrogen-bond donors (Lipinski definition) is 2. The summed E-state index contributed by atoms with van der Waals surface area (Å²) in [6.07, 6.45) is 0. The monoisotopic (exact) mass is 331 g/mol. The van der Waals surface area contributed by atoms with Crippen LogP contribution in [-0.2, 0) is 11.3 Å². The van der Waals surface area contributed by atoms with E-state index in [2.05, 4.69) is 5.32 Å². The van der Waals surface area contributed by atoms with Crippen molar-refractivity contribution >= 4 is 11.6 Å². The van der Waals surface area contributed by atoms with Gasteiger partial charge < -0.3 is 19.7 Å². The van der Waals surface area contributed by atoms with Crippen molar-refractivity contribution in [1.82, 2.24) is 0 Å². The van der Waals surface area contributed by atoms with E-state index in [4.69, 9.17) is 9.47 Å². The van der Waals surface area contributed by atoms with Crippen molar-refractivity contribution in [1.29, 1.82) is 0 Å². The number of fused-ring (bicyclic) bond motifs is 1. The summed E-state index contributed by atoms with van der Waals surface area (Å²) in [5.41, 5.74) is 2.09. The van der Waals surface area contributed by atoms with Gasteiger partial charge in [0.25, 0.3) is 5.91 Å². The van der Waals surface area contributed by atoms with Crippen LogP contribution in [-0.4, -0.2) is 26.3 Å². The highest BCUT2D eigenvalue weighted by molar-refractivity contribution is 5.91. The van der Waals surface area contributed by atoms with Crippen LogP contribution in [0.15, 0.2) is 36.4 Å². The number of quaternary nitrogens is 1. The van der Waals surface area contributed by atoms with Crippen molar-refractivity contribution in [3.8, 4) is 11.5 Å². The standard InChI is InChI=1S/C18H19FN2O3/c1-12-3-5-14(8-15(12)19)20-18(22)10-21(2)9-13-4-6-16-17(7-13)24-11-23-16/h3-8H,9-11H2,1-2H3,(H,20,22)/p+1. The second kappa shape index (κ2) is 6.88. The molecule has 0 fully saturated rings. The molecule has 1 atom stereocenters. The van der Waals surface area contributed by atoms with Crippen LogP contribution in [0, 0.1) is 12.7 Å². The van der Waals surface area contributed by atoms with E-state index in [0.717, 1.165) is 22.0 Å². The van der Waals surface area contributed by atoms with E-state index in [9.17, 15) is 9.18 Å².